The van der Waals surface area contributed by atoms with Crippen LogP contribution in [0.4, 0.5) is 4.39 Å². The maximum absolute atomic E-state index is 13.1. The van der Waals surface area contributed by atoms with Crippen LogP contribution in [0.25, 0.3) is 0 Å². The van der Waals surface area contributed by atoms with E-state index in [2.05, 4.69) is 15.2 Å². The van der Waals surface area contributed by atoms with E-state index >= 15 is 0 Å². The number of hydrogen-bond acceptors (Lipinski definition) is 4. The second kappa shape index (κ2) is 6.87. The van der Waals surface area contributed by atoms with Gasteiger partial charge in [0.25, 0.3) is 0 Å². The van der Waals surface area contributed by atoms with Gasteiger partial charge in [-0.2, -0.15) is 0 Å². The smallest absolute Gasteiger partial charge is 0.239 e. The van der Waals surface area contributed by atoms with Crippen LogP contribution in [0.1, 0.15) is 24.4 Å². The number of halogens is 1. The highest BCUT2D eigenvalue weighted by Crippen LogP contribution is 2.27. The van der Waals surface area contributed by atoms with E-state index in [0.717, 1.165) is 38.0 Å². The number of nitrogens with two attached hydrogens (primary N) is 1. The highest BCUT2D eigenvalue weighted by molar-refractivity contribution is 5.81. The zero-order valence-corrected chi connectivity index (χ0v) is 12.8. The Morgan fingerprint density at radius 3 is 2.57 bits per heavy atom. The van der Waals surface area contributed by atoms with Crippen LogP contribution in [-0.2, 0) is 11.3 Å². The first-order valence-electron chi connectivity index (χ1n) is 7.76. The van der Waals surface area contributed by atoms with Gasteiger partial charge in [0.1, 0.15) is 11.9 Å². The molecule has 122 valence electrons. The third kappa shape index (κ3) is 3.73. The number of benzene rings is 1. The number of amides is 1. The second-order valence-electron chi connectivity index (χ2n) is 5.96. The average molecular weight is 317 g/mol. The van der Waals surface area contributed by atoms with Gasteiger partial charge in [0, 0.05) is 12.7 Å². The summed E-state index contributed by atoms with van der Waals surface area (Å²) in [4.78, 5) is 14.0. The number of likely N-dealkylation sites (tertiary alicyclic amines) is 1. The Bertz CT molecular complexity index is 635. The Hall–Kier alpha value is -2.28. The molecule has 1 fully saturated rings. The van der Waals surface area contributed by atoms with Gasteiger partial charge in [-0.3, -0.25) is 14.4 Å². The molecule has 2 N–H and O–H groups in total. The van der Waals surface area contributed by atoms with Crippen LogP contribution >= 0.6 is 0 Å². The summed E-state index contributed by atoms with van der Waals surface area (Å²) in [5.74, 6) is -0.204. The van der Waals surface area contributed by atoms with E-state index in [9.17, 15) is 9.18 Å². The minimum absolute atomic E-state index is 0.316. The van der Waals surface area contributed by atoms with Crippen molar-refractivity contribution in [2.45, 2.75) is 25.4 Å². The molecule has 6 nitrogen and oxygen atoms in total. The van der Waals surface area contributed by atoms with Gasteiger partial charge >= 0.3 is 0 Å². The molecular formula is C16H20FN5O. The fourth-order valence-electron chi connectivity index (χ4n) is 3.19. The third-order valence-electron chi connectivity index (χ3n) is 4.39. The van der Waals surface area contributed by atoms with E-state index in [0.29, 0.717) is 5.92 Å². The van der Waals surface area contributed by atoms with Gasteiger partial charge in [-0.1, -0.05) is 17.3 Å². The molecule has 1 aromatic carbocycles. The van der Waals surface area contributed by atoms with Gasteiger partial charge in [0.15, 0.2) is 0 Å². The molecule has 1 saturated heterocycles. The molecule has 7 heteroatoms. The predicted octanol–water partition coefficient (Wildman–Crippen LogP) is 1.36. The van der Waals surface area contributed by atoms with Gasteiger partial charge in [0.2, 0.25) is 5.91 Å². The van der Waals surface area contributed by atoms with Crippen LogP contribution in [0.15, 0.2) is 36.7 Å². The summed E-state index contributed by atoms with van der Waals surface area (Å²) in [5, 5.41) is 7.80. The Morgan fingerprint density at radius 1 is 1.30 bits per heavy atom. The van der Waals surface area contributed by atoms with Gasteiger partial charge in [0.05, 0.1) is 6.20 Å². The SMILES string of the molecule is NC(=O)C(c1ccc(F)cc1)N1CCC(Cn2ccnn2)CC1. The number of aromatic nitrogens is 3. The molecule has 2 heterocycles. The molecule has 0 bridgehead atoms. The maximum Gasteiger partial charge on any atom is 0.239 e. The first-order valence-corrected chi connectivity index (χ1v) is 7.76. The van der Waals surface area contributed by atoms with Crippen molar-refractivity contribution in [1.82, 2.24) is 19.9 Å². The Morgan fingerprint density at radius 2 is 2.00 bits per heavy atom. The van der Waals surface area contributed by atoms with E-state index in [4.69, 9.17) is 5.73 Å². The van der Waals surface area contributed by atoms with Crippen molar-refractivity contribution < 1.29 is 9.18 Å². The first-order chi connectivity index (χ1) is 11.1. The summed E-state index contributed by atoms with van der Waals surface area (Å²) in [6.45, 7) is 2.40. The van der Waals surface area contributed by atoms with Crippen LogP contribution in [0.5, 0.6) is 0 Å². The summed E-state index contributed by atoms with van der Waals surface area (Å²) >= 11 is 0. The second-order valence-corrected chi connectivity index (χ2v) is 5.96. The fraction of sp³-hybridized carbons (Fsp3) is 0.438. The normalized spacial score (nSPS) is 18.0. The van der Waals surface area contributed by atoms with Crippen LogP contribution in [0.3, 0.4) is 0 Å². The maximum atomic E-state index is 13.1. The van der Waals surface area contributed by atoms with Crippen LogP contribution < -0.4 is 5.73 Å². The summed E-state index contributed by atoms with van der Waals surface area (Å²) in [7, 11) is 0. The lowest BCUT2D eigenvalue weighted by Crippen LogP contribution is -2.43. The lowest BCUT2D eigenvalue weighted by atomic mass is 9.94. The summed E-state index contributed by atoms with van der Waals surface area (Å²) in [5.41, 5.74) is 6.33. The molecule has 1 atom stereocenters. The lowest BCUT2D eigenvalue weighted by molar-refractivity contribution is -0.124. The molecule has 1 aliphatic heterocycles. The molecule has 23 heavy (non-hydrogen) atoms. The van der Waals surface area contributed by atoms with E-state index in [1.807, 2.05) is 10.9 Å². The number of nitrogens with zero attached hydrogens (tertiary/aromatic N) is 4. The average Bonchev–Trinajstić information content (AvgIpc) is 3.04. The summed E-state index contributed by atoms with van der Waals surface area (Å²) in [6, 6.07) is 5.49. The number of hydrogen-bond donors (Lipinski definition) is 1. The Balaban J connectivity index is 1.64. The first kappa shape index (κ1) is 15.6. The molecule has 1 unspecified atom stereocenters. The van der Waals surface area contributed by atoms with Crippen molar-refractivity contribution in [3.63, 3.8) is 0 Å². The number of carbonyl (C=O) groups is 1. The van der Waals surface area contributed by atoms with Crippen LogP contribution in [0, 0.1) is 11.7 Å². The zero-order chi connectivity index (χ0) is 16.2. The van der Waals surface area contributed by atoms with Crippen molar-refractivity contribution in [3.8, 4) is 0 Å². The molecule has 0 saturated carbocycles. The summed E-state index contributed by atoms with van der Waals surface area (Å²) < 4.78 is 14.9. The highest BCUT2D eigenvalue weighted by atomic mass is 19.1. The molecule has 2 aromatic rings. The van der Waals surface area contributed by atoms with Crippen molar-refractivity contribution in [2.75, 3.05) is 13.1 Å². The number of primary amides is 1. The molecule has 0 aliphatic carbocycles. The molecule has 3 rings (SSSR count). The molecular weight excluding hydrogens is 297 g/mol. The molecule has 1 amide bonds. The minimum Gasteiger partial charge on any atom is -0.368 e. The van der Waals surface area contributed by atoms with E-state index in [1.54, 1.807) is 18.3 Å². The number of carbonyl (C=O) groups excluding carboxylic acids is 1. The van der Waals surface area contributed by atoms with E-state index in [1.165, 1.54) is 12.1 Å². The van der Waals surface area contributed by atoms with Crippen molar-refractivity contribution in [3.05, 3.63) is 48.0 Å². The van der Waals surface area contributed by atoms with Gasteiger partial charge < -0.3 is 5.73 Å². The minimum atomic E-state index is -0.497. The molecule has 1 aliphatic rings. The topological polar surface area (TPSA) is 77.0 Å². The third-order valence-corrected chi connectivity index (χ3v) is 4.39. The number of piperidine rings is 1. The summed E-state index contributed by atoms with van der Waals surface area (Å²) in [6.07, 6.45) is 5.46. The van der Waals surface area contributed by atoms with Crippen LogP contribution in [-0.4, -0.2) is 38.9 Å². The van der Waals surface area contributed by atoms with Crippen LogP contribution in [0.2, 0.25) is 0 Å². The molecule has 0 spiro atoms. The largest absolute Gasteiger partial charge is 0.368 e. The van der Waals surface area contributed by atoms with Crippen molar-refractivity contribution in [2.24, 2.45) is 11.7 Å². The zero-order valence-electron chi connectivity index (χ0n) is 12.8. The monoisotopic (exact) mass is 317 g/mol. The van der Waals surface area contributed by atoms with E-state index in [-0.39, 0.29) is 5.82 Å². The molecule has 0 radical (unpaired) electrons. The van der Waals surface area contributed by atoms with Gasteiger partial charge in [-0.05, 0) is 49.5 Å². The van der Waals surface area contributed by atoms with Crippen molar-refractivity contribution >= 4 is 5.91 Å². The lowest BCUT2D eigenvalue weighted by Gasteiger charge is -2.36. The molecule has 1 aromatic heterocycles. The Kier molecular flexibility index (Phi) is 4.66. The predicted molar refractivity (Wildman–Crippen MR) is 82.7 cm³/mol. The standard InChI is InChI=1S/C16H20FN5O/c17-14-3-1-13(2-4-14)15(16(18)23)21-8-5-12(6-9-21)11-22-10-7-19-20-22/h1-4,7,10,12,15H,5-6,8-9,11H2,(H2,18,23). The Labute approximate surface area is 134 Å². The van der Waals surface area contributed by atoms with Crippen molar-refractivity contribution in [1.29, 1.82) is 0 Å². The fourth-order valence-corrected chi connectivity index (χ4v) is 3.19. The van der Waals surface area contributed by atoms with E-state index < -0.39 is 11.9 Å². The van der Waals surface area contributed by atoms with Gasteiger partial charge in [-0.25, -0.2) is 4.39 Å². The van der Waals surface area contributed by atoms with Gasteiger partial charge in [-0.15, -0.1) is 5.10 Å². The quantitative estimate of drug-likeness (QED) is 0.903. The number of rotatable bonds is 5. The highest BCUT2D eigenvalue weighted by Gasteiger charge is 2.29.